The number of carbonyl (C=O) groups excluding carboxylic acids is 1. The van der Waals surface area contributed by atoms with Gasteiger partial charge in [0.15, 0.2) is 0 Å². The van der Waals surface area contributed by atoms with Crippen LogP contribution in [0.2, 0.25) is 5.02 Å². The first-order valence-electron chi connectivity index (χ1n) is 9.19. The van der Waals surface area contributed by atoms with Crippen LogP contribution in [0.5, 0.6) is 0 Å². The molecule has 0 unspecified atom stereocenters. The molecular weight excluding hydrogens is 389 g/mol. The van der Waals surface area contributed by atoms with Crippen LogP contribution in [0.1, 0.15) is 62.3 Å². The van der Waals surface area contributed by atoms with E-state index in [0.717, 1.165) is 30.2 Å². The lowest BCUT2D eigenvalue weighted by atomic mass is 9.95. The highest BCUT2D eigenvalue weighted by Gasteiger charge is 2.31. The summed E-state index contributed by atoms with van der Waals surface area (Å²) < 4.78 is 38.6. The molecule has 2 rings (SSSR count). The normalized spacial score (nSPS) is 13.7. The largest absolute Gasteiger partial charge is 0.416 e. The molecule has 0 aliphatic rings. The van der Waals surface area contributed by atoms with Gasteiger partial charge in [0.25, 0.3) is 0 Å². The topological polar surface area (TPSA) is 41.1 Å². The standard InChI is InChI=1S/C21H24ClF3N2O/c1-4-13(3)14-6-8-15(9-7-14)18(5-2)26-20(28)27-19-12-16(21(23,24)25)10-11-17(19)22/h6-13,18H,4-5H2,1-3H3,(H2,26,27,28)/t13-,18-/m1/s1. The predicted octanol–water partition coefficient (Wildman–Crippen LogP) is 7.15. The summed E-state index contributed by atoms with van der Waals surface area (Å²) in [5, 5.41) is 5.24. The Kier molecular flexibility index (Phi) is 7.35. The first kappa shape index (κ1) is 22.1. The smallest absolute Gasteiger partial charge is 0.331 e. The average molecular weight is 413 g/mol. The van der Waals surface area contributed by atoms with Crippen molar-refractivity contribution in [2.45, 2.75) is 51.7 Å². The quantitative estimate of drug-likeness (QED) is 0.519. The van der Waals surface area contributed by atoms with Crippen LogP contribution in [0.4, 0.5) is 23.7 Å². The molecule has 2 amide bonds. The SMILES string of the molecule is CC[C@@H](C)c1ccc([C@@H](CC)NC(=O)Nc2cc(C(F)(F)F)ccc2Cl)cc1. The van der Waals surface area contributed by atoms with E-state index in [1.165, 1.54) is 5.56 Å². The summed E-state index contributed by atoms with van der Waals surface area (Å²) in [6.07, 6.45) is -2.85. The lowest BCUT2D eigenvalue weighted by molar-refractivity contribution is -0.137. The zero-order valence-corrected chi connectivity index (χ0v) is 16.8. The second-order valence-electron chi connectivity index (χ2n) is 6.73. The van der Waals surface area contributed by atoms with E-state index in [2.05, 4.69) is 24.5 Å². The minimum Gasteiger partial charge on any atom is -0.331 e. The molecule has 0 radical (unpaired) electrons. The van der Waals surface area contributed by atoms with Crippen molar-refractivity contribution in [3.05, 3.63) is 64.2 Å². The third-order valence-electron chi connectivity index (χ3n) is 4.78. The van der Waals surface area contributed by atoms with Gasteiger partial charge in [-0.15, -0.1) is 0 Å². The van der Waals surface area contributed by atoms with Crippen LogP contribution in [0.25, 0.3) is 0 Å². The number of amides is 2. The number of benzene rings is 2. The molecule has 0 heterocycles. The Morgan fingerprint density at radius 1 is 1.04 bits per heavy atom. The number of anilines is 1. The van der Waals surface area contributed by atoms with E-state index in [4.69, 9.17) is 11.6 Å². The predicted molar refractivity (Wildman–Crippen MR) is 107 cm³/mol. The molecule has 0 aromatic heterocycles. The van der Waals surface area contributed by atoms with Gasteiger partial charge in [-0.1, -0.05) is 56.6 Å². The fourth-order valence-electron chi connectivity index (χ4n) is 2.83. The van der Waals surface area contributed by atoms with Crippen LogP contribution in [0.15, 0.2) is 42.5 Å². The summed E-state index contributed by atoms with van der Waals surface area (Å²) in [5.41, 5.74) is 1.19. The van der Waals surface area contributed by atoms with Crippen LogP contribution in [0.3, 0.4) is 0 Å². The maximum Gasteiger partial charge on any atom is 0.416 e. The Hall–Kier alpha value is -2.21. The summed E-state index contributed by atoms with van der Waals surface area (Å²) in [5.74, 6) is 0.452. The van der Waals surface area contributed by atoms with E-state index in [0.29, 0.717) is 12.3 Å². The molecule has 152 valence electrons. The van der Waals surface area contributed by atoms with Crippen LogP contribution < -0.4 is 10.6 Å². The maximum atomic E-state index is 12.9. The van der Waals surface area contributed by atoms with Crippen molar-refractivity contribution in [3.8, 4) is 0 Å². The van der Waals surface area contributed by atoms with Crippen LogP contribution >= 0.6 is 11.6 Å². The van der Waals surface area contributed by atoms with Crippen LogP contribution in [0, 0.1) is 0 Å². The van der Waals surface area contributed by atoms with Gasteiger partial charge in [0, 0.05) is 0 Å². The van der Waals surface area contributed by atoms with Gasteiger partial charge < -0.3 is 10.6 Å². The third-order valence-corrected chi connectivity index (χ3v) is 5.11. The highest BCUT2D eigenvalue weighted by Crippen LogP contribution is 2.34. The molecule has 7 heteroatoms. The lowest BCUT2D eigenvalue weighted by Gasteiger charge is -2.20. The van der Waals surface area contributed by atoms with Gasteiger partial charge in [0.2, 0.25) is 0 Å². The monoisotopic (exact) mass is 412 g/mol. The Morgan fingerprint density at radius 2 is 1.64 bits per heavy atom. The van der Waals surface area contributed by atoms with Crippen molar-refractivity contribution < 1.29 is 18.0 Å². The number of urea groups is 1. The van der Waals surface area contributed by atoms with Gasteiger partial charge in [-0.05, 0) is 48.1 Å². The van der Waals surface area contributed by atoms with Crippen molar-refractivity contribution in [2.75, 3.05) is 5.32 Å². The molecule has 0 aliphatic heterocycles. The van der Waals surface area contributed by atoms with Crippen molar-refractivity contribution in [3.63, 3.8) is 0 Å². The Morgan fingerprint density at radius 3 is 2.18 bits per heavy atom. The Bertz CT molecular complexity index is 806. The second kappa shape index (κ2) is 9.32. The molecule has 2 aromatic carbocycles. The van der Waals surface area contributed by atoms with Crippen LogP contribution in [-0.4, -0.2) is 6.03 Å². The second-order valence-corrected chi connectivity index (χ2v) is 7.13. The molecular formula is C21H24ClF3N2O. The molecule has 3 nitrogen and oxygen atoms in total. The molecule has 2 aromatic rings. The van der Waals surface area contributed by atoms with Gasteiger partial charge in [0.1, 0.15) is 0 Å². The van der Waals surface area contributed by atoms with E-state index in [-0.39, 0.29) is 16.8 Å². The number of hydrogen-bond acceptors (Lipinski definition) is 1. The van der Waals surface area contributed by atoms with E-state index in [1.807, 2.05) is 31.2 Å². The Labute approximate surface area is 168 Å². The maximum absolute atomic E-state index is 12.9. The molecule has 2 N–H and O–H groups in total. The number of nitrogens with one attached hydrogen (secondary N) is 2. The molecule has 0 spiro atoms. The molecule has 0 saturated carbocycles. The number of carbonyl (C=O) groups is 1. The van der Waals surface area contributed by atoms with Gasteiger partial charge in [-0.3, -0.25) is 0 Å². The molecule has 2 atom stereocenters. The molecule has 0 saturated heterocycles. The zero-order chi connectivity index (χ0) is 20.9. The lowest BCUT2D eigenvalue weighted by Crippen LogP contribution is -2.32. The van der Waals surface area contributed by atoms with E-state index in [1.54, 1.807) is 0 Å². The summed E-state index contributed by atoms with van der Waals surface area (Å²) in [7, 11) is 0. The van der Waals surface area contributed by atoms with Crippen LogP contribution in [-0.2, 0) is 6.18 Å². The highest BCUT2D eigenvalue weighted by molar-refractivity contribution is 6.33. The van der Waals surface area contributed by atoms with E-state index < -0.39 is 17.8 Å². The summed E-state index contributed by atoms with van der Waals surface area (Å²) in [6, 6.07) is 9.94. The summed E-state index contributed by atoms with van der Waals surface area (Å²) in [4.78, 5) is 12.3. The highest BCUT2D eigenvalue weighted by atomic mass is 35.5. The van der Waals surface area contributed by atoms with Crippen molar-refractivity contribution in [1.29, 1.82) is 0 Å². The average Bonchev–Trinajstić information content (AvgIpc) is 2.66. The van der Waals surface area contributed by atoms with Gasteiger partial charge in [-0.2, -0.15) is 13.2 Å². The van der Waals surface area contributed by atoms with E-state index >= 15 is 0 Å². The minimum atomic E-state index is -4.51. The fraction of sp³-hybridized carbons (Fsp3) is 0.381. The Balaban J connectivity index is 2.10. The number of alkyl halides is 3. The fourth-order valence-corrected chi connectivity index (χ4v) is 2.99. The molecule has 0 aliphatic carbocycles. The molecule has 28 heavy (non-hydrogen) atoms. The first-order chi connectivity index (χ1) is 13.2. The zero-order valence-electron chi connectivity index (χ0n) is 16.0. The van der Waals surface area contributed by atoms with Gasteiger partial charge >= 0.3 is 12.2 Å². The summed E-state index contributed by atoms with van der Waals surface area (Å²) in [6.45, 7) is 6.19. The first-order valence-corrected chi connectivity index (χ1v) is 9.57. The van der Waals surface area contributed by atoms with E-state index in [9.17, 15) is 18.0 Å². The van der Waals surface area contributed by atoms with Crippen molar-refractivity contribution >= 4 is 23.3 Å². The molecule has 0 bridgehead atoms. The van der Waals surface area contributed by atoms with Crippen molar-refractivity contribution in [1.82, 2.24) is 5.32 Å². The third kappa shape index (κ3) is 5.64. The van der Waals surface area contributed by atoms with Crippen molar-refractivity contribution in [2.24, 2.45) is 0 Å². The number of halogens is 4. The van der Waals surface area contributed by atoms with Gasteiger partial charge in [0.05, 0.1) is 22.3 Å². The number of hydrogen-bond donors (Lipinski definition) is 2. The summed E-state index contributed by atoms with van der Waals surface area (Å²) >= 11 is 5.93. The molecule has 0 fully saturated rings. The number of rotatable bonds is 6. The van der Waals surface area contributed by atoms with Gasteiger partial charge in [-0.25, -0.2) is 4.79 Å². The minimum absolute atomic E-state index is 0.0362.